The molecule has 0 saturated heterocycles. The molecular weight excluding hydrogens is 166 g/mol. The van der Waals surface area contributed by atoms with Gasteiger partial charge in [-0.05, 0) is 13.8 Å². The maximum Gasteiger partial charge on any atom is 0.277 e. The molecule has 0 radical (unpaired) electrons. The summed E-state index contributed by atoms with van der Waals surface area (Å²) in [7, 11) is -3.32. The summed E-state index contributed by atoms with van der Waals surface area (Å²) in [5.74, 6) is 0. The molecule has 4 N–H and O–H groups in total. The third kappa shape index (κ3) is 6.24. The van der Waals surface area contributed by atoms with Crippen LogP contribution in [0.4, 0.5) is 0 Å². The van der Waals surface area contributed by atoms with Crippen molar-refractivity contribution in [1.82, 2.24) is 9.44 Å². The standard InChI is InChI=1S/C5H15N3O2S/c1-5(2)8-11(9,10)7-4-3-6/h5,7-8H,3-4,6H2,1-2H3. The van der Waals surface area contributed by atoms with E-state index in [1.165, 1.54) is 0 Å². The van der Waals surface area contributed by atoms with Gasteiger partial charge in [-0.25, -0.2) is 4.72 Å². The van der Waals surface area contributed by atoms with Gasteiger partial charge in [-0.2, -0.15) is 13.1 Å². The molecule has 0 aromatic heterocycles. The largest absolute Gasteiger partial charge is 0.329 e. The average Bonchev–Trinajstić information content (AvgIpc) is 1.81. The van der Waals surface area contributed by atoms with Crippen molar-refractivity contribution < 1.29 is 8.42 Å². The first-order valence-electron chi connectivity index (χ1n) is 3.45. The minimum absolute atomic E-state index is 0.0923. The molecule has 0 heterocycles. The molecule has 0 aliphatic rings. The highest BCUT2D eigenvalue weighted by Gasteiger charge is 2.08. The Morgan fingerprint density at radius 1 is 1.45 bits per heavy atom. The summed E-state index contributed by atoms with van der Waals surface area (Å²) in [6.45, 7) is 4.07. The third-order valence-corrected chi connectivity index (χ3v) is 2.19. The number of hydrogen-bond acceptors (Lipinski definition) is 3. The smallest absolute Gasteiger partial charge is 0.277 e. The molecule has 0 aliphatic heterocycles. The van der Waals surface area contributed by atoms with E-state index >= 15 is 0 Å². The van der Waals surface area contributed by atoms with Crippen molar-refractivity contribution in [1.29, 1.82) is 0 Å². The maximum atomic E-state index is 10.9. The molecule has 0 aromatic carbocycles. The van der Waals surface area contributed by atoms with E-state index in [0.717, 1.165) is 0 Å². The fourth-order valence-corrected chi connectivity index (χ4v) is 1.64. The first-order valence-corrected chi connectivity index (χ1v) is 4.93. The topological polar surface area (TPSA) is 84.2 Å². The van der Waals surface area contributed by atoms with E-state index in [-0.39, 0.29) is 12.6 Å². The van der Waals surface area contributed by atoms with Crippen LogP contribution in [-0.4, -0.2) is 27.5 Å². The molecule has 0 aliphatic carbocycles. The van der Waals surface area contributed by atoms with Crippen LogP contribution in [0.5, 0.6) is 0 Å². The Labute approximate surface area is 67.5 Å². The van der Waals surface area contributed by atoms with E-state index in [4.69, 9.17) is 5.73 Å². The summed E-state index contributed by atoms with van der Waals surface area (Å²) in [5.41, 5.74) is 5.11. The molecule has 0 saturated carbocycles. The van der Waals surface area contributed by atoms with Crippen LogP contribution in [-0.2, 0) is 10.2 Å². The van der Waals surface area contributed by atoms with Crippen LogP contribution >= 0.6 is 0 Å². The van der Waals surface area contributed by atoms with Gasteiger partial charge in [-0.3, -0.25) is 0 Å². The van der Waals surface area contributed by atoms with Gasteiger partial charge in [0.05, 0.1) is 0 Å². The second kappa shape index (κ2) is 4.66. The molecule has 0 bridgehead atoms. The highest BCUT2D eigenvalue weighted by molar-refractivity contribution is 7.87. The van der Waals surface area contributed by atoms with Gasteiger partial charge in [0.1, 0.15) is 0 Å². The molecule has 0 aromatic rings. The normalized spacial score (nSPS) is 12.4. The molecule has 11 heavy (non-hydrogen) atoms. The van der Waals surface area contributed by atoms with E-state index in [9.17, 15) is 8.42 Å². The van der Waals surface area contributed by atoms with E-state index in [1.54, 1.807) is 13.8 Å². The molecule has 68 valence electrons. The minimum atomic E-state index is -3.32. The Hall–Kier alpha value is -0.170. The molecule has 0 amide bonds. The zero-order valence-electron chi connectivity index (χ0n) is 6.79. The number of nitrogens with one attached hydrogen (secondary N) is 2. The fourth-order valence-electron chi connectivity index (χ4n) is 0.545. The van der Waals surface area contributed by atoms with Crippen LogP contribution in [0.25, 0.3) is 0 Å². The minimum Gasteiger partial charge on any atom is -0.329 e. The van der Waals surface area contributed by atoms with Crippen LogP contribution in [0.2, 0.25) is 0 Å². The molecule has 0 rings (SSSR count). The second-order valence-electron chi connectivity index (χ2n) is 2.46. The van der Waals surface area contributed by atoms with Crippen LogP contribution in [0.1, 0.15) is 13.8 Å². The van der Waals surface area contributed by atoms with Crippen LogP contribution in [0, 0.1) is 0 Å². The van der Waals surface area contributed by atoms with Gasteiger partial charge in [0.25, 0.3) is 10.2 Å². The lowest BCUT2D eigenvalue weighted by molar-refractivity contribution is 0.555. The first-order chi connectivity index (χ1) is 4.98. The predicted octanol–water partition coefficient (Wildman–Crippen LogP) is -1.22. The van der Waals surface area contributed by atoms with Crippen LogP contribution in [0.15, 0.2) is 0 Å². The van der Waals surface area contributed by atoms with Crippen molar-refractivity contribution in [2.45, 2.75) is 19.9 Å². The molecule has 0 unspecified atom stereocenters. The lowest BCUT2D eigenvalue weighted by Gasteiger charge is -2.09. The predicted molar refractivity (Wildman–Crippen MR) is 44.2 cm³/mol. The number of rotatable bonds is 5. The zero-order chi connectivity index (χ0) is 8.91. The van der Waals surface area contributed by atoms with Crippen molar-refractivity contribution >= 4 is 10.2 Å². The van der Waals surface area contributed by atoms with Crippen molar-refractivity contribution in [3.63, 3.8) is 0 Å². The lowest BCUT2D eigenvalue weighted by Crippen LogP contribution is -2.42. The molecule has 0 fully saturated rings. The summed E-state index contributed by atoms with van der Waals surface area (Å²) in [6.07, 6.45) is 0. The first kappa shape index (κ1) is 10.8. The van der Waals surface area contributed by atoms with Gasteiger partial charge in [-0.1, -0.05) is 0 Å². The highest BCUT2D eigenvalue weighted by atomic mass is 32.2. The molecule has 0 atom stereocenters. The van der Waals surface area contributed by atoms with Gasteiger partial charge >= 0.3 is 0 Å². The SMILES string of the molecule is CC(C)NS(=O)(=O)NCCN. The lowest BCUT2D eigenvalue weighted by atomic mass is 10.4. The van der Waals surface area contributed by atoms with Crippen LogP contribution in [0.3, 0.4) is 0 Å². The Morgan fingerprint density at radius 3 is 2.36 bits per heavy atom. The van der Waals surface area contributed by atoms with Gasteiger partial charge < -0.3 is 5.73 Å². The van der Waals surface area contributed by atoms with E-state index in [0.29, 0.717) is 6.54 Å². The molecule has 5 nitrogen and oxygen atoms in total. The van der Waals surface area contributed by atoms with E-state index < -0.39 is 10.2 Å². The quantitative estimate of drug-likeness (QED) is 0.497. The highest BCUT2D eigenvalue weighted by Crippen LogP contribution is 1.81. The summed E-state index contributed by atoms with van der Waals surface area (Å²) in [6, 6.07) is -0.0923. The maximum absolute atomic E-state index is 10.9. The Kier molecular flexibility index (Phi) is 4.58. The van der Waals surface area contributed by atoms with Crippen molar-refractivity contribution in [3.8, 4) is 0 Å². The monoisotopic (exact) mass is 181 g/mol. The molecule has 0 spiro atoms. The summed E-state index contributed by atoms with van der Waals surface area (Å²) < 4.78 is 26.5. The summed E-state index contributed by atoms with van der Waals surface area (Å²) in [5, 5.41) is 0. The summed E-state index contributed by atoms with van der Waals surface area (Å²) >= 11 is 0. The van der Waals surface area contributed by atoms with Gasteiger partial charge in [-0.15, -0.1) is 0 Å². The number of hydrogen-bond donors (Lipinski definition) is 3. The van der Waals surface area contributed by atoms with Crippen LogP contribution < -0.4 is 15.2 Å². The molecule has 6 heteroatoms. The fraction of sp³-hybridized carbons (Fsp3) is 1.00. The van der Waals surface area contributed by atoms with Crippen molar-refractivity contribution in [3.05, 3.63) is 0 Å². The Morgan fingerprint density at radius 2 is 2.00 bits per heavy atom. The van der Waals surface area contributed by atoms with E-state index in [1.807, 2.05) is 0 Å². The van der Waals surface area contributed by atoms with E-state index in [2.05, 4.69) is 9.44 Å². The zero-order valence-corrected chi connectivity index (χ0v) is 7.61. The Balaban J connectivity index is 3.82. The van der Waals surface area contributed by atoms with Gasteiger partial charge in [0, 0.05) is 19.1 Å². The third-order valence-electron chi connectivity index (χ3n) is 0.827. The summed E-state index contributed by atoms with van der Waals surface area (Å²) in [4.78, 5) is 0. The number of nitrogens with two attached hydrogens (primary N) is 1. The van der Waals surface area contributed by atoms with Crippen molar-refractivity contribution in [2.75, 3.05) is 13.1 Å². The van der Waals surface area contributed by atoms with Gasteiger partial charge in [0.2, 0.25) is 0 Å². The van der Waals surface area contributed by atoms with Gasteiger partial charge in [0.15, 0.2) is 0 Å². The molecular formula is C5H15N3O2S. The van der Waals surface area contributed by atoms with Crippen molar-refractivity contribution in [2.24, 2.45) is 5.73 Å². The Bertz CT molecular complexity index is 188. The second-order valence-corrected chi connectivity index (χ2v) is 3.99. The average molecular weight is 181 g/mol.